The molecule has 2 aliphatic rings. The molecule has 0 spiro atoms. The van der Waals surface area contributed by atoms with Gasteiger partial charge >= 0.3 is 0 Å². The van der Waals surface area contributed by atoms with Gasteiger partial charge in [0.1, 0.15) is 0 Å². The fourth-order valence-corrected chi connectivity index (χ4v) is 5.80. The van der Waals surface area contributed by atoms with Gasteiger partial charge < -0.3 is 0 Å². The third-order valence-corrected chi connectivity index (χ3v) is 7.97. The molecule has 1 aromatic carbocycles. The Morgan fingerprint density at radius 3 is 1.90 bits per heavy atom. The Balaban J connectivity index is 1.29. The first-order chi connectivity index (χ1) is 15.3. The second-order valence-electron chi connectivity index (χ2n) is 10.5. The number of rotatable bonds is 9. The summed E-state index contributed by atoms with van der Waals surface area (Å²) in [6.07, 6.45) is 25.9. The molecule has 0 amide bonds. The average molecular weight is 419 g/mol. The van der Waals surface area contributed by atoms with Crippen LogP contribution < -0.4 is 0 Å². The molecule has 0 unspecified atom stereocenters. The van der Waals surface area contributed by atoms with Crippen LogP contribution in [0.25, 0.3) is 0 Å². The highest BCUT2D eigenvalue weighted by Crippen LogP contribution is 2.37. The largest absolute Gasteiger partial charge is 0.0730 e. The van der Waals surface area contributed by atoms with Gasteiger partial charge in [0.25, 0.3) is 0 Å². The van der Waals surface area contributed by atoms with Crippen LogP contribution in [0.1, 0.15) is 115 Å². The van der Waals surface area contributed by atoms with E-state index in [0.717, 1.165) is 35.7 Å². The van der Waals surface area contributed by atoms with E-state index in [9.17, 15) is 0 Å². The summed E-state index contributed by atoms with van der Waals surface area (Å²) in [5.74, 6) is 10.4. The lowest BCUT2D eigenvalue weighted by molar-refractivity contribution is 0.220. The van der Waals surface area contributed by atoms with Crippen molar-refractivity contribution in [2.75, 3.05) is 0 Å². The summed E-state index contributed by atoms with van der Waals surface area (Å²) in [7, 11) is 0. The molecule has 0 nitrogen and oxygen atoms in total. The van der Waals surface area contributed by atoms with E-state index in [1.54, 1.807) is 0 Å². The van der Waals surface area contributed by atoms with Crippen LogP contribution in [-0.2, 0) is 6.42 Å². The predicted molar refractivity (Wildman–Crippen MR) is 136 cm³/mol. The molecule has 0 radical (unpaired) electrons. The van der Waals surface area contributed by atoms with Gasteiger partial charge in [0, 0.05) is 5.56 Å². The Morgan fingerprint density at radius 1 is 0.742 bits per heavy atom. The Labute approximate surface area is 193 Å². The van der Waals surface area contributed by atoms with Crippen molar-refractivity contribution in [1.82, 2.24) is 0 Å². The van der Waals surface area contributed by atoms with Crippen LogP contribution in [0.3, 0.4) is 0 Å². The molecule has 1 aromatic rings. The smallest absolute Gasteiger partial charge is 0.0249 e. The van der Waals surface area contributed by atoms with E-state index in [1.165, 1.54) is 95.5 Å². The van der Waals surface area contributed by atoms with Crippen molar-refractivity contribution in [2.45, 2.75) is 110 Å². The predicted octanol–water partition coefficient (Wildman–Crippen LogP) is 9.13. The van der Waals surface area contributed by atoms with Gasteiger partial charge in [0.05, 0.1) is 0 Å². The number of allylic oxidation sites excluding steroid dienone is 2. The van der Waals surface area contributed by atoms with Gasteiger partial charge in [0.2, 0.25) is 0 Å². The fraction of sp³-hybridized carbons (Fsp3) is 0.677. The molecule has 170 valence electrons. The van der Waals surface area contributed by atoms with Crippen LogP contribution in [0, 0.1) is 35.5 Å². The molecule has 0 heterocycles. The van der Waals surface area contributed by atoms with E-state index in [4.69, 9.17) is 0 Å². The van der Waals surface area contributed by atoms with Gasteiger partial charge in [-0.1, -0.05) is 108 Å². The number of benzene rings is 1. The standard InChI is InChI=1S/C31H46/c1-3-5-9-27-16-20-30(21-17-27)24-25-31-22-18-29(19-23-31)11-7-6-10-28-14-12-26(8-4-2)13-15-28/h7,11-15,27,29-31H,3-5,8-9,16-25H2,1-2H3/t27-,29-,30-,31-. The van der Waals surface area contributed by atoms with Gasteiger partial charge in [-0.05, 0) is 79.5 Å². The van der Waals surface area contributed by atoms with Crippen LogP contribution >= 0.6 is 0 Å². The van der Waals surface area contributed by atoms with Crippen LogP contribution in [-0.4, -0.2) is 0 Å². The Bertz CT molecular complexity index is 682. The third-order valence-electron chi connectivity index (χ3n) is 7.97. The van der Waals surface area contributed by atoms with E-state index in [1.807, 2.05) is 0 Å². The highest BCUT2D eigenvalue weighted by molar-refractivity contribution is 5.38. The molecule has 0 saturated heterocycles. The maximum atomic E-state index is 3.30. The second-order valence-corrected chi connectivity index (χ2v) is 10.5. The number of hydrogen-bond acceptors (Lipinski definition) is 0. The normalized spacial score (nSPS) is 26.5. The average Bonchev–Trinajstić information content (AvgIpc) is 2.82. The topological polar surface area (TPSA) is 0 Å². The molecule has 0 heteroatoms. The van der Waals surface area contributed by atoms with E-state index in [2.05, 4.69) is 62.1 Å². The molecular formula is C31H46. The molecule has 0 aliphatic heterocycles. The zero-order chi connectivity index (χ0) is 21.7. The summed E-state index contributed by atoms with van der Waals surface area (Å²) in [4.78, 5) is 0. The Kier molecular flexibility index (Phi) is 10.8. The van der Waals surface area contributed by atoms with Crippen LogP contribution in [0.4, 0.5) is 0 Å². The molecule has 2 saturated carbocycles. The van der Waals surface area contributed by atoms with E-state index in [-0.39, 0.29) is 0 Å². The molecule has 2 aliphatic carbocycles. The SMILES string of the molecule is CCCC[C@H]1CC[C@H](CC[C@H]2CC[C@H](C=CC#Cc3ccc(CCC)cc3)CC2)CC1. The van der Waals surface area contributed by atoms with Crippen molar-refractivity contribution in [1.29, 1.82) is 0 Å². The summed E-state index contributed by atoms with van der Waals surface area (Å²) >= 11 is 0. The van der Waals surface area contributed by atoms with Crippen molar-refractivity contribution < 1.29 is 0 Å². The van der Waals surface area contributed by atoms with Gasteiger partial charge in [-0.15, -0.1) is 0 Å². The van der Waals surface area contributed by atoms with Crippen LogP contribution in [0.2, 0.25) is 0 Å². The van der Waals surface area contributed by atoms with Gasteiger partial charge in [-0.2, -0.15) is 0 Å². The van der Waals surface area contributed by atoms with Crippen molar-refractivity contribution in [3.63, 3.8) is 0 Å². The molecule has 2 fully saturated rings. The number of unbranched alkanes of at least 4 members (excludes halogenated alkanes) is 1. The van der Waals surface area contributed by atoms with Crippen LogP contribution in [0.5, 0.6) is 0 Å². The third kappa shape index (κ3) is 8.88. The fourth-order valence-electron chi connectivity index (χ4n) is 5.80. The minimum atomic E-state index is 0.756. The number of hydrogen-bond donors (Lipinski definition) is 0. The first-order valence-electron chi connectivity index (χ1n) is 13.5. The maximum Gasteiger partial charge on any atom is 0.0249 e. The van der Waals surface area contributed by atoms with E-state index >= 15 is 0 Å². The molecule has 3 rings (SSSR count). The minimum absolute atomic E-state index is 0.756. The summed E-state index contributed by atoms with van der Waals surface area (Å²) in [5.41, 5.74) is 2.55. The monoisotopic (exact) mass is 418 g/mol. The molecule has 0 atom stereocenters. The summed E-state index contributed by atoms with van der Waals surface area (Å²) in [6, 6.07) is 8.76. The van der Waals surface area contributed by atoms with Crippen molar-refractivity contribution >= 4 is 0 Å². The lowest BCUT2D eigenvalue weighted by Crippen LogP contribution is -2.17. The van der Waals surface area contributed by atoms with Crippen molar-refractivity contribution in [3.05, 3.63) is 47.5 Å². The zero-order valence-electron chi connectivity index (χ0n) is 20.4. The van der Waals surface area contributed by atoms with Gasteiger partial charge in [-0.3, -0.25) is 0 Å². The minimum Gasteiger partial charge on any atom is -0.0730 e. The molecule has 31 heavy (non-hydrogen) atoms. The Morgan fingerprint density at radius 2 is 1.32 bits per heavy atom. The molecule has 0 N–H and O–H groups in total. The van der Waals surface area contributed by atoms with Crippen LogP contribution in [0.15, 0.2) is 36.4 Å². The summed E-state index contributed by atoms with van der Waals surface area (Å²) in [5, 5.41) is 0. The lowest BCUT2D eigenvalue weighted by Gasteiger charge is -2.31. The van der Waals surface area contributed by atoms with Crippen molar-refractivity contribution in [2.24, 2.45) is 23.7 Å². The maximum absolute atomic E-state index is 3.30. The quantitative estimate of drug-likeness (QED) is 0.351. The first-order valence-corrected chi connectivity index (χ1v) is 13.5. The highest BCUT2D eigenvalue weighted by atomic mass is 14.3. The molecule has 0 bridgehead atoms. The second kappa shape index (κ2) is 13.8. The highest BCUT2D eigenvalue weighted by Gasteiger charge is 2.23. The van der Waals surface area contributed by atoms with E-state index < -0.39 is 0 Å². The zero-order valence-corrected chi connectivity index (χ0v) is 20.4. The van der Waals surface area contributed by atoms with Gasteiger partial charge in [-0.25, -0.2) is 0 Å². The molecule has 0 aromatic heterocycles. The van der Waals surface area contributed by atoms with Crippen molar-refractivity contribution in [3.8, 4) is 11.8 Å². The summed E-state index contributed by atoms with van der Waals surface area (Å²) in [6.45, 7) is 4.56. The number of aryl methyl sites for hydroxylation is 1. The molecular weight excluding hydrogens is 372 g/mol. The summed E-state index contributed by atoms with van der Waals surface area (Å²) < 4.78 is 0. The van der Waals surface area contributed by atoms with E-state index in [0.29, 0.717) is 0 Å². The first kappa shape index (κ1) is 24.2. The Hall–Kier alpha value is -1.48. The lowest BCUT2D eigenvalue weighted by atomic mass is 9.75. The van der Waals surface area contributed by atoms with Gasteiger partial charge in [0.15, 0.2) is 0 Å².